The average molecular weight is 461 g/mol. The Bertz CT molecular complexity index is 1400. The molecular weight excluding hydrogens is 436 g/mol. The second kappa shape index (κ2) is 9.50. The first-order chi connectivity index (χ1) is 15.8. The SMILES string of the molecule is Cc1ccc(C(=O)Cn2cnc3sc(C(=O)OCCc4ccccc4)c(C)c3c2=O)cc1C. The lowest BCUT2D eigenvalue weighted by Crippen LogP contribution is -2.24. The third-order valence-corrected chi connectivity index (χ3v) is 6.89. The third kappa shape index (κ3) is 4.78. The van der Waals surface area contributed by atoms with E-state index in [1.165, 1.54) is 10.9 Å². The molecule has 4 rings (SSSR count). The summed E-state index contributed by atoms with van der Waals surface area (Å²) >= 11 is 1.14. The lowest BCUT2D eigenvalue weighted by molar-refractivity contribution is 0.0514. The minimum absolute atomic E-state index is 0.115. The van der Waals surface area contributed by atoms with Crippen LogP contribution in [-0.2, 0) is 17.7 Å². The highest BCUT2D eigenvalue weighted by Crippen LogP contribution is 2.27. The van der Waals surface area contributed by atoms with Crippen molar-refractivity contribution in [2.45, 2.75) is 33.7 Å². The number of aromatic nitrogens is 2. The molecule has 0 aliphatic rings. The predicted octanol–water partition coefficient (Wildman–Crippen LogP) is 4.67. The topological polar surface area (TPSA) is 78.3 Å². The number of benzene rings is 2. The quantitative estimate of drug-likeness (QED) is 0.296. The van der Waals surface area contributed by atoms with E-state index in [-0.39, 0.29) is 24.5 Å². The number of hydrogen-bond donors (Lipinski definition) is 0. The van der Waals surface area contributed by atoms with Crippen LogP contribution in [0.15, 0.2) is 59.7 Å². The van der Waals surface area contributed by atoms with E-state index in [2.05, 4.69) is 4.98 Å². The molecule has 4 aromatic rings. The fourth-order valence-corrected chi connectivity index (χ4v) is 4.63. The van der Waals surface area contributed by atoms with Crippen LogP contribution in [0.25, 0.3) is 10.2 Å². The highest BCUT2D eigenvalue weighted by molar-refractivity contribution is 7.20. The Labute approximate surface area is 195 Å². The lowest BCUT2D eigenvalue weighted by Gasteiger charge is -2.07. The highest BCUT2D eigenvalue weighted by atomic mass is 32.1. The van der Waals surface area contributed by atoms with E-state index >= 15 is 0 Å². The minimum Gasteiger partial charge on any atom is -0.461 e. The van der Waals surface area contributed by atoms with Gasteiger partial charge in [0.15, 0.2) is 5.78 Å². The molecule has 7 heteroatoms. The van der Waals surface area contributed by atoms with Gasteiger partial charge in [-0.25, -0.2) is 9.78 Å². The molecule has 6 nitrogen and oxygen atoms in total. The average Bonchev–Trinajstić information content (AvgIpc) is 3.15. The number of nitrogens with zero attached hydrogens (tertiary/aromatic N) is 2. The molecule has 0 atom stereocenters. The Hall–Kier alpha value is -3.58. The van der Waals surface area contributed by atoms with Crippen molar-refractivity contribution < 1.29 is 14.3 Å². The molecule has 0 fully saturated rings. The van der Waals surface area contributed by atoms with E-state index < -0.39 is 5.97 Å². The first-order valence-electron chi connectivity index (χ1n) is 10.6. The number of thiophene rings is 1. The van der Waals surface area contributed by atoms with Crippen LogP contribution in [0.4, 0.5) is 0 Å². The second-order valence-corrected chi connectivity index (χ2v) is 9.01. The number of esters is 1. The Balaban J connectivity index is 1.53. The zero-order valence-electron chi connectivity index (χ0n) is 18.8. The second-order valence-electron chi connectivity index (χ2n) is 8.01. The monoisotopic (exact) mass is 460 g/mol. The number of carbonyl (C=O) groups excluding carboxylic acids is 2. The number of carbonyl (C=O) groups is 2. The van der Waals surface area contributed by atoms with Gasteiger partial charge in [0.25, 0.3) is 5.56 Å². The van der Waals surface area contributed by atoms with Gasteiger partial charge in [0.1, 0.15) is 9.71 Å². The first-order valence-corrected chi connectivity index (χ1v) is 11.5. The summed E-state index contributed by atoms with van der Waals surface area (Å²) in [6.07, 6.45) is 1.98. The van der Waals surface area contributed by atoms with Crippen LogP contribution >= 0.6 is 11.3 Å². The van der Waals surface area contributed by atoms with Crippen LogP contribution in [0.5, 0.6) is 0 Å². The van der Waals surface area contributed by atoms with Crippen molar-refractivity contribution in [1.29, 1.82) is 0 Å². The minimum atomic E-state index is -0.469. The zero-order valence-corrected chi connectivity index (χ0v) is 19.6. The number of Topliss-reactive ketones (excluding diaryl/α,β-unsaturated/α-hetero) is 1. The lowest BCUT2D eigenvalue weighted by atomic mass is 10.0. The van der Waals surface area contributed by atoms with Crippen LogP contribution in [0.3, 0.4) is 0 Å². The van der Waals surface area contributed by atoms with E-state index in [1.54, 1.807) is 13.0 Å². The molecule has 0 aliphatic heterocycles. The van der Waals surface area contributed by atoms with Gasteiger partial charge in [0, 0.05) is 12.0 Å². The first kappa shape index (κ1) is 22.6. The van der Waals surface area contributed by atoms with E-state index in [9.17, 15) is 14.4 Å². The number of fused-ring (bicyclic) bond motifs is 1. The molecular formula is C26H24N2O4S. The van der Waals surface area contributed by atoms with Crippen molar-refractivity contribution in [3.05, 3.63) is 97.9 Å². The number of ether oxygens (including phenoxy) is 1. The van der Waals surface area contributed by atoms with Gasteiger partial charge in [-0.15, -0.1) is 11.3 Å². The maximum Gasteiger partial charge on any atom is 0.348 e. The molecule has 2 heterocycles. The maximum atomic E-state index is 13.1. The Morgan fingerprint density at radius 1 is 1.03 bits per heavy atom. The molecule has 2 aromatic carbocycles. The molecule has 0 unspecified atom stereocenters. The molecule has 0 N–H and O–H groups in total. The molecule has 2 aromatic heterocycles. The van der Waals surface area contributed by atoms with Gasteiger partial charge >= 0.3 is 5.97 Å². The Morgan fingerprint density at radius 3 is 2.52 bits per heavy atom. The van der Waals surface area contributed by atoms with Gasteiger partial charge < -0.3 is 4.74 Å². The zero-order chi connectivity index (χ0) is 23.5. The molecule has 0 saturated carbocycles. The fourth-order valence-electron chi connectivity index (χ4n) is 3.60. The van der Waals surface area contributed by atoms with Crippen LogP contribution < -0.4 is 5.56 Å². The molecule has 0 bridgehead atoms. The van der Waals surface area contributed by atoms with Crippen molar-refractivity contribution in [1.82, 2.24) is 9.55 Å². The number of aryl methyl sites for hydroxylation is 3. The number of hydrogen-bond acceptors (Lipinski definition) is 6. The van der Waals surface area contributed by atoms with Crippen molar-refractivity contribution in [2.75, 3.05) is 6.61 Å². The molecule has 168 valence electrons. The third-order valence-electron chi connectivity index (χ3n) is 5.71. The normalized spacial score (nSPS) is 11.0. The molecule has 33 heavy (non-hydrogen) atoms. The van der Waals surface area contributed by atoms with E-state index in [1.807, 2.05) is 56.3 Å². The summed E-state index contributed by atoms with van der Waals surface area (Å²) in [5.41, 5.74) is 3.94. The smallest absolute Gasteiger partial charge is 0.348 e. The summed E-state index contributed by atoms with van der Waals surface area (Å²) in [7, 11) is 0. The Morgan fingerprint density at radius 2 is 1.79 bits per heavy atom. The van der Waals surface area contributed by atoms with E-state index in [0.717, 1.165) is 28.0 Å². The fraction of sp³-hybridized carbons (Fsp3) is 0.231. The van der Waals surface area contributed by atoms with Gasteiger partial charge in [-0.1, -0.05) is 42.5 Å². The Kier molecular flexibility index (Phi) is 6.51. The molecule has 0 spiro atoms. The summed E-state index contributed by atoms with van der Waals surface area (Å²) in [6.45, 7) is 5.77. The van der Waals surface area contributed by atoms with Gasteiger partial charge in [-0.2, -0.15) is 0 Å². The molecule has 0 radical (unpaired) electrons. The van der Waals surface area contributed by atoms with Crippen LogP contribution in [0.2, 0.25) is 0 Å². The van der Waals surface area contributed by atoms with Crippen molar-refractivity contribution in [3.63, 3.8) is 0 Å². The summed E-state index contributed by atoms with van der Waals surface area (Å²) in [5, 5.41) is 0.352. The molecule has 0 saturated heterocycles. The van der Waals surface area contributed by atoms with Gasteiger partial charge in [0.2, 0.25) is 0 Å². The number of rotatable bonds is 7. The number of ketones is 1. The van der Waals surface area contributed by atoms with Crippen molar-refractivity contribution in [2.24, 2.45) is 0 Å². The van der Waals surface area contributed by atoms with Gasteiger partial charge in [-0.3, -0.25) is 14.2 Å². The van der Waals surface area contributed by atoms with Gasteiger partial charge in [0.05, 0.1) is 24.9 Å². The molecule has 0 amide bonds. The summed E-state index contributed by atoms with van der Waals surface area (Å²) in [4.78, 5) is 43.6. The summed E-state index contributed by atoms with van der Waals surface area (Å²) in [5.74, 6) is -0.640. The van der Waals surface area contributed by atoms with Crippen molar-refractivity contribution in [3.8, 4) is 0 Å². The predicted molar refractivity (Wildman–Crippen MR) is 129 cm³/mol. The maximum absolute atomic E-state index is 13.1. The largest absolute Gasteiger partial charge is 0.461 e. The summed E-state index contributed by atoms with van der Waals surface area (Å²) < 4.78 is 6.73. The standard InChI is InChI=1S/C26H24N2O4S/c1-16-9-10-20(13-17(16)2)21(29)14-28-15-27-24-22(25(28)30)18(3)23(33-24)26(31)32-12-11-19-7-5-4-6-8-19/h4-10,13,15H,11-12,14H2,1-3H3. The van der Waals surface area contributed by atoms with Crippen LogP contribution in [0.1, 0.15) is 42.3 Å². The summed E-state index contributed by atoms with van der Waals surface area (Å²) in [6, 6.07) is 15.3. The highest BCUT2D eigenvalue weighted by Gasteiger charge is 2.21. The van der Waals surface area contributed by atoms with E-state index in [0.29, 0.717) is 32.6 Å². The van der Waals surface area contributed by atoms with Gasteiger partial charge in [-0.05, 0) is 49.1 Å². The van der Waals surface area contributed by atoms with Crippen LogP contribution in [0, 0.1) is 20.8 Å². The van der Waals surface area contributed by atoms with Crippen LogP contribution in [-0.4, -0.2) is 27.9 Å². The molecule has 0 aliphatic carbocycles. The van der Waals surface area contributed by atoms with E-state index in [4.69, 9.17) is 4.74 Å². The van der Waals surface area contributed by atoms with Crippen molar-refractivity contribution >= 4 is 33.3 Å².